The van der Waals surface area contributed by atoms with Crippen molar-refractivity contribution >= 4 is 23.3 Å². The zero-order valence-corrected chi connectivity index (χ0v) is 13.4. The number of ether oxygens (including phenoxy) is 1. The second-order valence-electron chi connectivity index (χ2n) is 4.49. The summed E-state index contributed by atoms with van der Waals surface area (Å²) in [6.07, 6.45) is -4.58. The smallest absolute Gasteiger partial charge is 0.416 e. The van der Waals surface area contributed by atoms with Gasteiger partial charge in [-0.3, -0.25) is 10.1 Å². The Kier molecular flexibility index (Phi) is 6.22. The number of rotatable bonds is 4. The van der Waals surface area contributed by atoms with E-state index in [0.717, 1.165) is 30.3 Å². The normalized spacial score (nSPS) is 10.7. The third kappa shape index (κ3) is 4.74. The topological polar surface area (TPSA) is 89.7 Å². The van der Waals surface area contributed by atoms with Crippen molar-refractivity contribution in [3.63, 3.8) is 0 Å². The highest BCUT2D eigenvalue weighted by Gasteiger charge is 2.31. The summed E-state index contributed by atoms with van der Waals surface area (Å²) in [6, 6.07) is 5.27. The lowest BCUT2D eigenvalue weighted by Gasteiger charge is -2.11. The molecular weight excluding hydrogens is 390 g/mol. The molecule has 2 rings (SSSR count). The van der Waals surface area contributed by atoms with Gasteiger partial charge in [0.05, 0.1) is 15.5 Å². The summed E-state index contributed by atoms with van der Waals surface area (Å²) < 4.78 is 42.9. The third-order valence-corrected chi connectivity index (χ3v) is 3.18. The van der Waals surface area contributed by atoms with Gasteiger partial charge in [-0.2, -0.15) is 13.2 Å². The number of carboxylic acids is 1. The second-order valence-corrected chi connectivity index (χ2v) is 4.89. The number of carbonyl (C=O) groups is 1. The molecular formula is C14H7Cl2F3NO5-. The molecule has 0 saturated heterocycles. The highest BCUT2D eigenvalue weighted by atomic mass is 35.5. The molecule has 11 heteroatoms. The number of hydrogen-bond acceptors (Lipinski definition) is 4. The van der Waals surface area contributed by atoms with E-state index in [-0.39, 0.29) is 28.9 Å². The first kappa shape index (κ1) is 20.5. The SMILES string of the molecule is O=C(O)c1cc(Oc2ccc(C(F)(F)F)cc2Cl)ccc1[N+](=O)[O-].[Cl-]. The molecule has 0 aliphatic carbocycles. The molecule has 0 unspecified atom stereocenters. The molecule has 0 amide bonds. The van der Waals surface area contributed by atoms with Gasteiger partial charge >= 0.3 is 12.1 Å². The average Bonchev–Trinajstić information content (AvgIpc) is 2.47. The fourth-order valence-corrected chi connectivity index (χ4v) is 2.02. The molecule has 0 spiro atoms. The molecule has 0 saturated carbocycles. The van der Waals surface area contributed by atoms with E-state index in [0.29, 0.717) is 6.07 Å². The monoisotopic (exact) mass is 396 g/mol. The fourth-order valence-electron chi connectivity index (χ4n) is 1.80. The number of alkyl halides is 3. The van der Waals surface area contributed by atoms with Gasteiger partial charge in [0.25, 0.3) is 5.69 Å². The minimum Gasteiger partial charge on any atom is -1.00 e. The number of aromatic carboxylic acids is 1. The molecule has 2 aromatic rings. The quantitative estimate of drug-likeness (QED) is 0.628. The molecule has 0 aromatic heterocycles. The van der Waals surface area contributed by atoms with Crippen molar-refractivity contribution in [2.75, 3.05) is 0 Å². The number of nitrogens with zero attached hydrogens (tertiary/aromatic N) is 1. The summed E-state index contributed by atoms with van der Waals surface area (Å²) in [7, 11) is 0. The van der Waals surface area contributed by atoms with Gasteiger partial charge in [-0.05, 0) is 24.3 Å². The Morgan fingerprint density at radius 3 is 2.32 bits per heavy atom. The van der Waals surface area contributed by atoms with E-state index in [2.05, 4.69) is 0 Å². The van der Waals surface area contributed by atoms with Crippen LogP contribution in [0.4, 0.5) is 18.9 Å². The van der Waals surface area contributed by atoms with Gasteiger partial charge in [-0.15, -0.1) is 0 Å². The molecule has 134 valence electrons. The maximum absolute atomic E-state index is 12.6. The van der Waals surface area contributed by atoms with Crippen LogP contribution in [0.5, 0.6) is 11.5 Å². The van der Waals surface area contributed by atoms with Crippen LogP contribution in [0, 0.1) is 10.1 Å². The van der Waals surface area contributed by atoms with Crippen LogP contribution in [-0.2, 0) is 6.18 Å². The molecule has 0 heterocycles. The Bertz CT molecular complexity index is 827. The van der Waals surface area contributed by atoms with E-state index >= 15 is 0 Å². The number of halogens is 5. The van der Waals surface area contributed by atoms with Crippen LogP contribution in [0.1, 0.15) is 15.9 Å². The number of nitro groups is 1. The molecule has 1 N–H and O–H groups in total. The van der Waals surface area contributed by atoms with Crippen LogP contribution in [0.3, 0.4) is 0 Å². The van der Waals surface area contributed by atoms with Gasteiger partial charge in [0.1, 0.15) is 17.1 Å². The Hall–Kier alpha value is -2.52. The second kappa shape index (κ2) is 7.58. The first-order valence-corrected chi connectivity index (χ1v) is 6.53. The van der Waals surface area contributed by atoms with Crippen LogP contribution in [0.25, 0.3) is 0 Å². The fraction of sp³-hybridized carbons (Fsp3) is 0.0714. The molecule has 0 fully saturated rings. The van der Waals surface area contributed by atoms with Gasteiger partial charge < -0.3 is 22.3 Å². The first-order valence-electron chi connectivity index (χ1n) is 6.16. The number of benzene rings is 2. The summed E-state index contributed by atoms with van der Waals surface area (Å²) in [5.41, 5.74) is -2.25. The van der Waals surface area contributed by atoms with Crippen molar-refractivity contribution in [2.24, 2.45) is 0 Å². The number of hydrogen-bond donors (Lipinski definition) is 1. The minimum atomic E-state index is -4.58. The highest BCUT2D eigenvalue weighted by Crippen LogP contribution is 2.37. The average molecular weight is 397 g/mol. The van der Waals surface area contributed by atoms with Crippen LogP contribution in [-0.4, -0.2) is 16.0 Å². The van der Waals surface area contributed by atoms with E-state index in [9.17, 15) is 28.1 Å². The molecule has 2 aromatic carbocycles. The molecule has 25 heavy (non-hydrogen) atoms. The summed E-state index contributed by atoms with van der Waals surface area (Å²) >= 11 is 5.72. The van der Waals surface area contributed by atoms with Crippen LogP contribution < -0.4 is 17.1 Å². The third-order valence-electron chi connectivity index (χ3n) is 2.88. The highest BCUT2D eigenvalue weighted by molar-refractivity contribution is 6.32. The lowest BCUT2D eigenvalue weighted by Crippen LogP contribution is -3.00. The Labute approximate surface area is 149 Å². The predicted molar refractivity (Wildman–Crippen MR) is 76.6 cm³/mol. The Morgan fingerprint density at radius 2 is 1.84 bits per heavy atom. The molecule has 0 atom stereocenters. The summed E-state index contributed by atoms with van der Waals surface area (Å²) in [4.78, 5) is 20.9. The molecule has 0 aliphatic rings. The van der Waals surface area contributed by atoms with Crippen molar-refractivity contribution in [1.82, 2.24) is 0 Å². The zero-order valence-electron chi connectivity index (χ0n) is 11.9. The van der Waals surface area contributed by atoms with E-state index in [1.165, 1.54) is 0 Å². The van der Waals surface area contributed by atoms with Crippen LogP contribution in [0.2, 0.25) is 5.02 Å². The molecule has 0 bridgehead atoms. The van der Waals surface area contributed by atoms with Gasteiger partial charge in [-0.1, -0.05) is 11.6 Å². The van der Waals surface area contributed by atoms with Crippen molar-refractivity contribution in [2.45, 2.75) is 6.18 Å². The summed E-state index contributed by atoms with van der Waals surface area (Å²) in [6.45, 7) is 0. The minimum absolute atomic E-state index is 0. The molecule has 6 nitrogen and oxygen atoms in total. The van der Waals surface area contributed by atoms with Gasteiger partial charge in [0.15, 0.2) is 0 Å². The lowest BCUT2D eigenvalue weighted by molar-refractivity contribution is -0.385. The van der Waals surface area contributed by atoms with Crippen LogP contribution in [0.15, 0.2) is 36.4 Å². The van der Waals surface area contributed by atoms with E-state index < -0.39 is 33.9 Å². The van der Waals surface area contributed by atoms with E-state index in [1.807, 2.05) is 0 Å². The lowest BCUT2D eigenvalue weighted by atomic mass is 10.1. The van der Waals surface area contributed by atoms with Gasteiger partial charge in [-0.25, -0.2) is 4.79 Å². The summed E-state index contributed by atoms with van der Waals surface area (Å²) in [5, 5.41) is 19.4. The van der Waals surface area contributed by atoms with E-state index in [1.54, 1.807) is 0 Å². The molecule has 0 radical (unpaired) electrons. The first-order chi connectivity index (χ1) is 11.1. The van der Waals surface area contributed by atoms with Gasteiger partial charge in [0.2, 0.25) is 0 Å². The summed E-state index contributed by atoms with van der Waals surface area (Å²) in [5.74, 6) is -1.83. The Balaban J connectivity index is 0.00000312. The Morgan fingerprint density at radius 1 is 1.20 bits per heavy atom. The largest absolute Gasteiger partial charge is 1.00 e. The van der Waals surface area contributed by atoms with E-state index in [4.69, 9.17) is 21.4 Å². The van der Waals surface area contributed by atoms with Crippen molar-refractivity contribution in [3.8, 4) is 11.5 Å². The zero-order chi connectivity index (χ0) is 18.1. The van der Waals surface area contributed by atoms with Crippen molar-refractivity contribution in [1.29, 1.82) is 0 Å². The van der Waals surface area contributed by atoms with Crippen LogP contribution >= 0.6 is 11.6 Å². The number of nitro benzene ring substituents is 1. The maximum Gasteiger partial charge on any atom is 0.416 e. The number of carboxylic acid groups (broad SMARTS) is 1. The predicted octanol–water partition coefficient (Wildman–Crippen LogP) is 1.76. The molecule has 0 aliphatic heterocycles. The standard InChI is InChI=1S/C14H7ClF3NO5.ClH/c15-10-5-7(14(16,17)18)1-4-12(10)24-8-2-3-11(19(22)23)9(6-8)13(20)21;/h1-6H,(H,20,21);1H/p-1. The maximum atomic E-state index is 12.6. The van der Waals surface area contributed by atoms with Gasteiger partial charge in [0, 0.05) is 12.1 Å². The van der Waals surface area contributed by atoms with Crippen molar-refractivity contribution < 1.29 is 45.1 Å². The van der Waals surface area contributed by atoms with Crippen molar-refractivity contribution in [3.05, 3.63) is 62.7 Å².